The molecule has 0 N–H and O–H groups in total. The Bertz CT molecular complexity index is 468. The maximum absolute atomic E-state index is 10.1. The fraction of sp³-hybridized carbons (Fsp3) is 0.125. The number of nitrogens with zero attached hydrogens (tertiary/aromatic N) is 2. The first-order valence-electron chi connectivity index (χ1n) is 3.80. The van der Waals surface area contributed by atoms with Gasteiger partial charge in [-0.3, -0.25) is 0 Å². The maximum Gasteiger partial charge on any atom is 0.128 e. The Balaban J connectivity index is 2.21. The number of carbonyl (C=O) groups excluding carboxylic acids is 1. The highest BCUT2D eigenvalue weighted by Gasteiger charge is 2.00. The van der Waals surface area contributed by atoms with Gasteiger partial charge in [-0.05, 0) is 12.1 Å². The Hall–Kier alpha value is -1.69. The molecule has 0 fully saturated rings. The Morgan fingerprint density at radius 1 is 1.43 bits per heavy atom. The summed E-state index contributed by atoms with van der Waals surface area (Å²) in [5, 5.41) is 10.1. The molecule has 0 aliphatic carbocycles. The predicted molar refractivity (Wildman–Crippen MR) is 47.9 cm³/mol. The zero-order valence-corrected chi connectivity index (χ0v) is 7.78. The second-order valence-corrected chi connectivity index (χ2v) is 3.10. The van der Waals surface area contributed by atoms with Crippen molar-refractivity contribution in [1.29, 1.82) is 0 Å². The van der Waals surface area contributed by atoms with E-state index in [1.165, 1.54) is 0 Å². The third-order valence-corrected chi connectivity index (χ3v) is 2.14. The summed E-state index contributed by atoms with van der Waals surface area (Å²) in [6.45, 7) is -0.455. The molecule has 14 heavy (non-hydrogen) atoms. The highest BCUT2D eigenvalue weighted by atomic mass is 32.1. The van der Waals surface area contributed by atoms with Gasteiger partial charge in [0.25, 0.3) is 0 Å². The van der Waals surface area contributed by atoms with E-state index in [-0.39, 0.29) is 0 Å². The van der Waals surface area contributed by atoms with E-state index in [0.29, 0.717) is 11.3 Å². The van der Waals surface area contributed by atoms with Crippen LogP contribution in [-0.2, 0) is 4.79 Å². The standard InChI is InChI=1S/C8H6N2O3S/c11-8(12)4-13-5-1-2-6-7(3-5)10-14-9-6/h1-3H,4H2,(H,11,12)/p-1. The van der Waals surface area contributed by atoms with E-state index >= 15 is 0 Å². The topological polar surface area (TPSA) is 75.1 Å². The van der Waals surface area contributed by atoms with E-state index in [2.05, 4.69) is 8.75 Å². The molecule has 72 valence electrons. The van der Waals surface area contributed by atoms with Crippen molar-refractivity contribution in [2.75, 3.05) is 6.61 Å². The quantitative estimate of drug-likeness (QED) is 0.701. The highest BCUT2D eigenvalue weighted by molar-refractivity contribution is 7.00. The number of rotatable bonds is 3. The van der Waals surface area contributed by atoms with Crippen LogP contribution in [0.15, 0.2) is 18.2 Å². The zero-order chi connectivity index (χ0) is 9.97. The summed E-state index contributed by atoms with van der Waals surface area (Å²) < 4.78 is 12.9. The van der Waals surface area contributed by atoms with Crippen molar-refractivity contribution in [3.63, 3.8) is 0 Å². The second kappa shape index (κ2) is 3.59. The number of ether oxygens (including phenoxy) is 1. The van der Waals surface area contributed by atoms with E-state index in [1.807, 2.05) is 0 Å². The molecule has 0 radical (unpaired) electrons. The van der Waals surface area contributed by atoms with E-state index in [4.69, 9.17) is 4.74 Å². The van der Waals surface area contributed by atoms with E-state index in [0.717, 1.165) is 17.2 Å². The van der Waals surface area contributed by atoms with Crippen LogP contribution >= 0.6 is 11.7 Å². The lowest BCUT2D eigenvalue weighted by molar-refractivity contribution is -0.307. The third kappa shape index (κ3) is 1.80. The lowest BCUT2D eigenvalue weighted by Gasteiger charge is -2.05. The molecule has 2 aromatic rings. The molecule has 0 atom stereocenters. The zero-order valence-electron chi connectivity index (χ0n) is 6.97. The van der Waals surface area contributed by atoms with Crippen molar-refractivity contribution in [3.05, 3.63) is 18.2 Å². The Labute approximate surface area is 83.3 Å². The number of carbonyl (C=O) groups is 1. The molecule has 0 aliphatic heterocycles. The van der Waals surface area contributed by atoms with Gasteiger partial charge in [0.1, 0.15) is 23.4 Å². The van der Waals surface area contributed by atoms with Crippen LogP contribution in [0, 0.1) is 0 Å². The summed E-state index contributed by atoms with van der Waals surface area (Å²) >= 11 is 1.10. The van der Waals surface area contributed by atoms with Gasteiger partial charge in [-0.25, -0.2) is 0 Å². The minimum atomic E-state index is -1.25. The molecule has 0 bridgehead atoms. The largest absolute Gasteiger partial charge is 0.546 e. The van der Waals surface area contributed by atoms with Crippen molar-refractivity contribution in [2.45, 2.75) is 0 Å². The van der Waals surface area contributed by atoms with Crippen molar-refractivity contribution >= 4 is 28.7 Å². The van der Waals surface area contributed by atoms with Gasteiger partial charge in [0, 0.05) is 6.07 Å². The normalized spacial score (nSPS) is 10.3. The van der Waals surface area contributed by atoms with Crippen LogP contribution in [0.4, 0.5) is 0 Å². The Morgan fingerprint density at radius 2 is 2.21 bits per heavy atom. The number of aliphatic carboxylic acids is 1. The second-order valence-electron chi connectivity index (χ2n) is 2.58. The number of hydrogen-bond donors (Lipinski definition) is 0. The van der Waals surface area contributed by atoms with Crippen molar-refractivity contribution in [2.24, 2.45) is 0 Å². The first-order valence-corrected chi connectivity index (χ1v) is 4.54. The van der Waals surface area contributed by atoms with Gasteiger partial charge in [-0.2, -0.15) is 8.75 Å². The summed E-state index contributed by atoms with van der Waals surface area (Å²) in [4.78, 5) is 10.1. The summed E-state index contributed by atoms with van der Waals surface area (Å²) in [5.41, 5.74) is 1.47. The fourth-order valence-corrected chi connectivity index (χ4v) is 1.51. The van der Waals surface area contributed by atoms with Gasteiger partial charge in [0.15, 0.2) is 0 Å². The fourth-order valence-electron chi connectivity index (χ4n) is 0.994. The SMILES string of the molecule is O=C([O-])COc1ccc2nsnc2c1. The maximum atomic E-state index is 10.1. The molecule has 0 unspecified atom stereocenters. The summed E-state index contributed by atoms with van der Waals surface area (Å²) in [6.07, 6.45) is 0. The van der Waals surface area contributed by atoms with Crippen molar-refractivity contribution in [3.8, 4) is 5.75 Å². The first kappa shape index (κ1) is 8.89. The number of carboxylic acid groups (broad SMARTS) is 1. The van der Waals surface area contributed by atoms with Crippen molar-refractivity contribution in [1.82, 2.24) is 8.75 Å². The molecule has 1 aromatic carbocycles. The smallest absolute Gasteiger partial charge is 0.128 e. The molecule has 0 spiro atoms. The Kier molecular flexibility index (Phi) is 2.28. The molecule has 2 rings (SSSR count). The number of aromatic nitrogens is 2. The monoisotopic (exact) mass is 209 g/mol. The van der Waals surface area contributed by atoms with Crippen LogP contribution < -0.4 is 9.84 Å². The molecule has 1 aromatic heterocycles. The van der Waals surface area contributed by atoms with Gasteiger partial charge in [-0.15, -0.1) is 0 Å². The first-order chi connectivity index (χ1) is 6.75. The number of benzene rings is 1. The van der Waals surface area contributed by atoms with Crippen LogP contribution in [0.5, 0.6) is 5.75 Å². The summed E-state index contributed by atoms with van der Waals surface area (Å²) in [6, 6.07) is 5.01. The minimum absolute atomic E-state index is 0.453. The molecule has 0 saturated heterocycles. The molecule has 6 heteroatoms. The van der Waals surface area contributed by atoms with Gasteiger partial charge in [-0.1, -0.05) is 0 Å². The van der Waals surface area contributed by atoms with Crippen LogP contribution in [0.2, 0.25) is 0 Å². The van der Waals surface area contributed by atoms with Crippen LogP contribution in [0.1, 0.15) is 0 Å². The van der Waals surface area contributed by atoms with Crippen LogP contribution in [-0.4, -0.2) is 21.3 Å². The molecule has 0 amide bonds. The average molecular weight is 209 g/mol. The van der Waals surface area contributed by atoms with Gasteiger partial charge < -0.3 is 14.6 Å². The summed E-state index contributed by atoms with van der Waals surface area (Å²) in [7, 11) is 0. The number of hydrogen-bond acceptors (Lipinski definition) is 6. The van der Waals surface area contributed by atoms with E-state index in [1.54, 1.807) is 18.2 Å². The van der Waals surface area contributed by atoms with Gasteiger partial charge in [0.05, 0.1) is 17.7 Å². The molecular formula is C8H5N2O3S-. The van der Waals surface area contributed by atoms with Gasteiger partial charge in [0.2, 0.25) is 0 Å². The number of fused-ring (bicyclic) bond motifs is 1. The summed E-state index contributed by atoms with van der Waals surface area (Å²) in [5.74, 6) is -0.795. The lowest BCUT2D eigenvalue weighted by atomic mass is 10.3. The molecule has 0 aliphatic rings. The van der Waals surface area contributed by atoms with E-state index in [9.17, 15) is 9.90 Å². The van der Waals surface area contributed by atoms with Crippen LogP contribution in [0.3, 0.4) is 0 Å². The molecule has 0 saturated carbocycles. The molecule has 1 heterocycles. The predicted octanol–water partition coefficient (Wildman–Crippen LogP) is -0.180. The molecule has 5 nitrogen and oxygen atoms in total. The van der Waals surface area contributed by atoms with Crippen molar-refractivity contribution < 1.29 is 14.6 Å². The number of carboxylic acids is 1. The highest BCUT2D eigenvalue weighted by Crippen LogP contribution is 2.18. The van der Waals surface area contributed by atoms with E-state index < -0.39 is 12.6 Å². The van der Waals surface area contributed by atoms with Crippen LogP contribution in [0.25, 0.3) is 11.0 Å². The van der Waals surface area contributed by atoms with Gasteiger partial charge >= 0.3 is 0 Å². The lowest BCUT2D eigenvalue weighted by Crippen LogP contribution is -2.28. The average Bonchev–Trinajstić information content (AvgIpc) is 2.61. The molecular weight excluding hydrogens is 204 g/mol. The third-order valence-electron chi connectivity index (χ3n) is 1.58. The Morgan fingerprint density at radius 3 is 3.00 bits per heavy atom. The minimum Gasteiger partial charge on any atom is -0.546 e.